The van der Waals surface area contributed by atoms with Gasteiger partial charge in [0.2, 0.25) is 0 Å². The molecule has 1 aliphatic carbocycles. The van der Waals surface area contributed by atoms with Crippen molar-refractivity contribution in [3.05, 3.63) is 58.3 Å². The van der Waals surface area contributed by atoms with Crippen LogP contribution in [0.25, 0.3) is 0 Å². The van der Waals surface area contributed by atoms with Crippen LogP contribution in [0.1, 0.15) is 29.2 Å². The lowest BCUT2D eigenvalue weighted by molar-refractivity contribution is 0.0966. The summed E-state index contributed by atoms with van der Waals surface area (Å²) in [5.41, 5.74) is -0.485. The van der Waals surface area contributed by atoms with Gasteiger partial charge in [0.05, 0.1) is 12.1 Å². The average Bonchev–Trinajstić information content (AvgIpc) is 3.16. The van der Waals surface area contributed by atoms with Gasteiger partial charge in [-0.05, 0) is 25.0 Å². The highest BCUT2D eigenvalue weighted by Gasteiger charge is 2.26. The molecule has 0 aliphatic heterocycles. The Balaban J connectivity index is 1.83. The minimum atomic E-state index is -0.912. The molecule has 2 aromatic rings. The molecule has 20 heavy (non-hydrogen) atoms. The summed E-state index contributed by atoms with van der Waals surface area (Å²) >= 11 is 0. The fourth-order valence-corrected chi connectivity index (χ4v) is 2.13. The van der Waals surface area contributed by atoms with Crippen LogP contribution in [-0.4, -0.2) is 14.9 Å². The molecule has 3 rings (SSSR count). The van der Waals surface area contributed by atoms with Gasteiger partial charge in [0.25, 0.3) is 0 Å². The molecule has 0 saturated heterocycles. The van der Waals surface area contributed by atoms with Crippen LogP contribution in [0.5, 0.6) is 0 Å². The van der Waals surface area contributed by atoms with Crippen LogP contribution >= 0.6 is 0 Å². The highest BCUT2D eigenvalue weighted by atomic mass is 19.1. The molecule has 1 aliphatic rings. The second-order valence-corrected chi connectivity index (χ2v) is 4.89. The summed E-state index contributed by atoms with van der Waals surface area (Å²) in [5.74, 6) is -2.21. The summed E-state index contributed by atoms with van der Waals surface area (Å²) in [5, 5.41) is 0. The number of rotatable bonds is 4. The van der Waals surface area contributed by atoms with Crippen LogP contribution in [0.15, 0.2) is 35.4 Å². The van der Waals surface area contributed by atoms with E-state index in [1.165, 1.54) is 10.8 Å². The van der Waals surface area contributed by atoms with E-state index in [9.17, 15) is 18.4 Å². The molecule has 0 bridgehead atoms. The zero-order chi connectivity index (χ0) is 14.3. The highest BCUT2D eigenvalue weighted by Crippen LogP contribution is 2.33. The molecule has 0 amide bonds. The third-order valence-electron chi connectivity index (χ3n) is 3.36. The second-order valence-electron chi connectivity index (χ2n) is 4.89. The lowest BCUT2D eigenvalue weighted by Gasteiger charge is -2.03. The summed E-state index contributed by atoms with van der Waals surface area (Å²) in [7, 11) is 0. The zero-order valence-electron chi connectivity index (χ0n) is 10.6. The molecule has 0 atom stereocenters. The van der Waals surface area contributed by atoms with Gasteiger partial charge >= 0.3 is 5.69 Å². The first-order chi connectivity index (χ1) is 9.56. The molecule has 0 radical (unpaired) electrons. The number of hydrogen-bond donors (Lipinski definition) is 0. The van der Waals surface area contributed by atoms with Crippen molar-refractivity contribution in [3.8, 4) is 0 Å². The molecule has 1 fully saturated rings. The maximum absolute atomic E-state index is 13.5. The van der Waals surface area contributed by atoms with E-state index in [1.54, 1.807) is 10.8 Å². The summed E-state index contributed by atoms with van der Waals surface area (Å²) in [6.07, 6.45) is 5.07. The van der Waals surface area contributed by atoms with E-state index in [2.05, 4.69) is 0 Å². The molecule has 0 N–H and O–H groups in total. The molecular weight excluding hydrogens is 266 g/mol. The Labute approximate surface area is 113 Å². The van der Waals surface area contributed by atoms with Gasteiger partial charge in [0, 0.05) is 24.5 Å². The van der Waals surface area contributed by atoms with Crippen molar-refractivity contribution in [1.29, 1.82) is 0 Å². The van der Waals surface area contributed by atoms with E-state index in [0.29, 0.717) is 6.07 Å². The number of Topliss-reactive ketones (excluding diaryl/α,β-unsaturated/α-hetero) is 1. The average molecular weight is 278 g/mol. The predicted molar refractivity (Wildman–Crippen MR) is 67.7 cm³/mol. The molecule has 1 saturated carbocycles. The zero-order valence-corrected chi connectivity index (χ0v) is 10.6. The van der Waals surface area contributed by atoms with Gasteiger partial charge in [0.15, 0.2) is 5.78 Å². The van der Waals surface area contributed by atoms with Crippen LogP contribution in [-0.2, 0) is 6.54 Å². The fraction of sp³-hybridized carbons (Fsp3) is 0.286. The molecule has 104 valence electrons. The van der Waals surface area contributed by atoms with Gasteiger partial charge in [-0.1, -0.05) is 0 Å². The van der Waals surface area contributed by atoms with Gasteiger partial charge in [-0.2, -0.15) is 0 Å². The van der Waals surface area contributed by atoms with Crippen LogP contribution in [0.2, 0.25) is 0 Å². The minimum Gasteiger partial charge on any atom is -0.296 e. The SMILES string of the molecule is O=C(Cn1ccn(C2CC2)c1=O)c1ccc(F)cc1F. The van der Waals surface area contributed by atoms with E-state index in [1.807, 2.05) is 0 Å². The van der Waals surface area contributed by atoms with Gasteiger partial charge in [0.1, 0.15) is 11.6 Å². The standard InChI is InChI=1S/C14H12F2N2O2/c15-9-1-4-11(12(16)7-9)13(19)8-17-5-6-18(14(17)20)10-2-3-10/h1,4-7,10H,2-3,8H2. The third-order valence-corrected chi connectivity index (χ3v) is 3.36. The van der Waals surface area contributed by atoms with Crippen molar-refractivity contribution in [2.75, 3.05) is 0 Å². The fourth-order valence-electron chi connectivity index (χ4n) is 2.13. The number of carbonyl (C=O) groups is 1. The lowest BCUT2D eigenvalue weighted by atomic mass is 10.1. The molecular formula is C14H12F2N2O2. The molecule has 1 heterocycles. The van der Waals surface area contributed by atoms with Crippen molar-refractivity contribution < 1.29 is 13.6 Å². The van der Waals surface area contributed by atoms with E-state index in [4.69, 9.17) is 0 Å². The first-order valence-corrected chi connectivity index (χ1v) is 6.32. The molecule has 0 unspecified atom stereocenters. The topological polar surface area (TPSA) is 44.0 Å². The number of nitrogens with zero attached hydrogens (tertiary/aromatic N) is 2. The van der Waals surface area contributed by atoms with E-state index in [-0.39, 0.29) is 23.8 Å². The minimum absolute atomic E-state index is 0.211. The van der Waals surface area contributed by atoms with Crippen molar-refractivity contribution in [2.45, 2.75) is 25.4 Å². The van der Waals surface area contributed by atoms with Crippen molar-refractivity contribution in [3.63, 3.8) is 0 Å². The number of carbonyl (C=O) groups excluding carboxylic acids is 1. The Hall–Kier alpha value is -2.24. The second kappa shape index (κ2) is 4.70. The summed E-state index contributed by atoms with van der Waals surface area (Å²) in [6.45, 7) is -0.249. The summed E-state index contributed by atoms with van der Waals surface area (Å²) in [4.78, 5) is 23.9. The van der Waals surface area contributed by atoms with Crippen LogP contribution in [0.4, 0.5) is 8.78 Å². The Kier molecular flexibility index (Phi) is 3.00. The predicted octanol–water partition coefficient (Wildman–Crippen LogP) is 2.15. The Morgan fingerprint density at radius 2 is 2.00 bits per heavy atom. The number of hydrogen-bond acceptors (Lipinski definition) is 2. The lowest BCUT2D eigenvalue weighted by Crippen LogP contribution is -2.26. The highest BCUT2D eigenvalue weighted by molar-refractivity contribution is 5.96. The van der Waals surface area contributed by atoms with Crippen molar-refractivity contribution in [1.82, 2.24) is 9.13 Å². The molecule has 1 aromatic heterocycles. The van der Waals surface area contributed by atoms with Gasteiger partial charge in [-0.15, -0.1) is 0 Å². The van der Waals surface area contributed by atoms with E-state index >= 15 is 0 Å². The molecule has 1 aromatic carbocycles. The number of aromatic nitrogens is 2. The van der Waals surface area contributed by atoms with Gasteiger partial charge < -0.3 is 0 Å². The van der Waals surface area contributed by atoms with Crippen LogP contribution < -0.4 is 5.69 Å². The largest absolute Gasteiger partial charge is 0.328 e. The summed E-state index contributed by atoms with van der Waals surface area (Å²) in [6, 6.07) is 3.00. The third kappa shape index (κ3) is 2.29. The maximum Gasteiger partial charge on any atom is 0.328 e. The Bertz CT molecular complexity index is 729. The number of imidazole rings is 1. The first-order valence-electron chi connectivity index (χ1n) is 6.32. The smallest absolute Gasteiger partial charge is 0.296 e. The molecule has 0 spiro atoms. The maximum atomic E-state index is 13.5. The van der Waals surface area contributed by atoms with Gasteiger partial charge in [-0.25, -0.2) is 13.6 Å². The Morgan fingerprint density at radius 3 is 2.65 bits per heavy atom. The number of ketones is 1. The van der Waals surface area contributed by atoms with E-state index in [0.717, 1.165) is 25.0 Å². The van der Waals surface area contributed by atoms with E-state index < -0.39 is 17.4 Å². The Morgan fingerprint density at radius 1 is 1.25 bits per heavy atom. The quantitative estimate of drug-likeness (QED) is 0.804. The number of halogens is 2. The van der Waals surface area contributed by atoms with Crippen molar-refractivity contribution in [2.24, 2.45) is 0 Å². The van der Waals surface area contributed by atoms with Crippen LogP contribution in [0.3, 0.4) is 0 Å². The number of benzene rings is 1. The molecule has 4 nitrogen and oxygen atoms in total. The van der Waals surface area contributed by atoms with Crippen molar-refractivity contribution >= 4 is 5.78 Å². The molecule has 6 heteroatoms. The summed E-state index contributed by atoms with van der Waals surface area (Å²) < 4.78 is 29.1. The van der Waals surface area contributed by atoms with Gasteiger partial charge in [-0.3, -0.25) is 13.9 Å². The normalized spacial score (nSPS) is 14.5. The first kappa shape index (κ1) is 12.8. The monoisotopic (exact) mass is 278 g/mol. The van der Waals surface area contributed by atoms with Crippen LogP contribution in [0, 0.1) is 11.6 Å².